The lowest BCUT2D eigenvalue weighted by Crippen LogP contribution is -2.54. The summed E-state index contributed by atoms with van der Waals surface area (Å²) in [6.07, 6.45) is -1.34. The smallest absolute Gasteiger partial charge is 0.326 e. The second-order valence-electron chi connectivity index (χ2n) is 6.05. The van der Waals surface area contributed by atoms with Gasteiger partial charge in [0.2, 0.25) is 11.8 Å². The molecule has 0 aliphatic carbocycles. The standard InChI is InChI=1S/C15H26N6O8/c16-7(6-11(24)25)12(26)20-8(2-1-5-19-15(17)18)13(27)21-9(14(28)29)3-4-10(22)23/h7-9H,1-6,16H2,(H,20,26)(H,21,27)(H,22,23)(H,24,25)(H,28,29)(H4,17,18,19)/t7-,8-,9-/m0/s1. The van der Waals surface area contributed by atoms with Crippen molar-refractivity contribution in [3.05, 3.63) is 0 Å². The van der Waals surface area contributed by atoms with Crippen LogP contribution in [0.1, 0.15) is 32.1 Å². The van der Waals surface area contributed by atoms with Crippen molar-refractivity contribution in [3.8, 4) is 0 Å². The molecule has 0 aromatic heterocycles. The first-order chi connectivity index (χ1) is 13.4. The van der Waals surface area contributed by atoms with E-state index in [9.17, 15) is 24.0 Å². The van der Waals surface area contributed by atoms with Crippen molar-refractivity contribution in [2.75, 3.05) is 6.54 Å². The van der Waals surface area contributed by atoms with E-state index in [0.717, 1.165) is 0 Å². The van der Waals surface area contributed by atoms with Crippen molar-refractivity contribution in [2.45, 2.75) is 50.2 Å². The first kappa shape index (κ1) is 25.6. The molecule has 0 fully saturated rings. The molecule has 0 rings (SSSR count). The monoisotopic (exact) mass is 418 g/mol. The molecule has 0 bridgehead atoms. The zero-order chi connectivity index (χ0) is 22.6. The van der Waals surface area contributed by atoms with E-state index in [1.54, 1.807) is 0 Å². The maximum Gasteiger partial charge on any atom is 0.326 e. The van der Waals surface area contributed by atoms with E-state index >= 15 is 0 Å². The third-order valence-electron chi connectivity index (χ3n) is 3.57. The summed E-state index contributed by atoms with van der Waals surface area (Å²) in [5.74, 6) is -6.02. The molecule has 0 heterocycles. The molecule has 29 heavy (non-hydrogen) atoms. The van der Waals surface area contributed by atoms with Gasteiger partial charge in [0.05, 0.1) is 12.5 Å². The zero-order valence-electron chi connectivity index (χ0n) is 15.5. The summed E-state index contributed by atoms with van der Waals surface area (Å²) in [5, 5.41) is 30.9. The Labute approximate surface area is 165 Å². The SMILES string of the molecule is NC(N)=NCCC[C@H](NC(=O)[C@@H](N)CC(=O)O)C(=O)N[C@@H](CCC(=O)O)C(=O)O. The maximum atomic E-state index is 12.4. The number of nitrogens with one attached hydrogen (secondary N) is 2. The van der Waals surface area contributed by atoms with Crippen LogP contribution in [0.5, 0.6) is 0 Å². The number of guanidine groups is 1. The van der Waals surface area contributed by atoms with Crippen molar-refractivity contribution in [1.82, 2.24) is 10.6 Å². The Morgan fingerprint density at radius 2 is 1.45 bits per heavy atom. The topological polar surface area (TPSA) is 261 Å². The third kappa shape index (κ3) is 11.8. The number of nitrogens with two attached hydrogens (primary N) is 3. The summed E-state index contributed by atoms with van der Waals surface area (Å²) in [4.78, 5) is 60.7. The number of hydrogen-bond donors (Lipinski definition) is 8. The number of aliphatic carboxylic acids is 3. The molecule has 14 nitrogen and oxygen atoms in total. The number of hydrogen-bond acceptors (Lipinski definition) is 7. The number of carboxylic acid groups (broad SMARTS) is 3. The van der Waals surface area contributed by atoms with Crippen LogP contribution in [0.2, 0.25) is 0 Å². The van der Waals surface area contributed by atoms with Gasteiger partial charge in [-0.05, 0) is 19.3 Å². The number of rotatable bonds is 14. The fourth-order valence-corrected chi connectivity index (χ4v) is 2.13. The first-order valence-corrected chi connectivity index (χ1v) is 8.52. The Morgan fingerprint density at radius 1 is 0.862 bits per heavy atom. The van der Waals surface area contributed by atoms with E-state index in [0.29, 0.717) is 0 Å². The Morgan fingerprint density at radius 3 is 1.93 bits per heavy atom. The molecule has 0 aromatic carbocycles. The minimum atomic E-state index is -1.50. The first-order valence-electron chi connectivity index (χ1n) is 8.52. The van der Waals surface area contributed by atoms with Gasteiger partial charge in [0.15, 0.2) is 5.96 Å². The number of carbonyl (C=O) groups excluding carboxylic acids is 2. The van der Waals surface area contributed by atoms with Crippen molar-refractivity contribution < 1.29 is 39.3 Å². The molecule has 0 aliphatic heterocycles. The van der Waals surface area contributed by atoms with Crippen molar-refractivity contribution in [3.63, 3.8) is 0 Å². The van der Waals surface area contributed by atoms with E-state index in [-0.39, 0.29) is 31.8 Å². The highest BCUT2D eigenvalue weighted by Crippen LogP contribution is 2.04. The molecular weight excluding hydrogens is 392 g/mol. The quantitative estimate of drug-likeness (QED) is 0.0789. The molecule has 0 unspecified atom stereocenters. The summed E-state index contributed by atoms with van der Waals surface area (Å²) < 4.78 is 0. The molecule has 2 amide bonds. The average molecular weight is 418 g/mol. The summed E-state index contributed by atoms with van der Waals surface area (Å²) in [6.45, 7) is 0.116. The Kier molecular flexibility index (Phi) is 11.4. The van der Waals surface area contributed by atoms with Crippen LogP contribution < -0.4 is 27.8 Å². The van der Waals surface area contributed by atoms with Gasteiger partial charge in [-0.25, -0.2) is 4.79 Å². The number of aliphatic imine (C=N–C) groups is 1. The van der Waals surface area contributed by atoms with Gasteiger partial charge in [0, 0.05) is 13.0 Å². The van der Waals surface area contributed by atoms with Gasteiger partial charge >= 0.3 is 17.9 Å². The highest BCUT2D eigenvalue weighted by Gasteiger charge is 2.28. The summed E-state index contributed by atoms with van der Waals surface area (Å²) in [6, 6.07) is -4.19. The molecule has 0 spiro atoms. The number of carbonyl (C=O) groups is 5. The van der Waals surface area contributed by atoms with E-state index in [2.05, 4.69) is 15.6 Å². The number of carboxylic acids is 3. The predicted molar refractivity (Wildman–Crippen MR) is 98.5 cm³/mol. The van der Waals surface area contributed by atoms with Crippen molar-refractivity contribution in [1.29, 1.82) is 0 Å². The molecule has 0 radical (unpaired) electrons. The summed E-state index contributed by atoms with van der Waals surface area (Å²) in [7, 11) is 0. The van der Waals surface area contributed by atoms with Gasteiger partial charge in [0.1, 0.15) is 12.1 Å². The van der Waals surface area contributed by atoms with Crippen molar-refractivity contribution >= 4 is 35.7 Å². The normalized spacial score (nSPS) is 13.4. The lowest BCUT2D eigenvalue weighted by molar-refractivity contribution is -0.144. The average Bonchev–Trinajstić information content (AvgIpc) is 2.59. The van der Waals surface area contributed by atoms with Crippen LogP contribution in [0.15, 0.2) is 4.99 Å². The third-order valence-corrected chi connectivity index (χ3v) is 3.57. The molecule has 0 saturated carbocycles. The van der Waals surface area contributed by atoms with Gasteiger partial charge in [-0.2, -0.15) is 0 Å². The molecule has 0 aromatic rings. The maximum absolute atomic E-state index is 12.4. The van der Waals surface area contributed by atoms with Crippen LogP contribution in [0.3, 0.4) is 0 Å². The minimum Gasteiger partial charge on any atom is -0.481 e. The van der Waals surface area contributed by atoms with E-state index in [4.69, 9.17) is 32.5 Å². The second-order valence-corrected chi connectivity index (χ2v) is 6.05. The van der Waals surface area contributed by atoms with E-state index in [1.165, 1.54) is 0 Å². The molecular formula is C15H26N6O8. The van der Waals surface area contributed by atoms with Crippen LogP contribution in [-0.2, 0) is 24.0 Å². The van der Waals surface area contributed by atoms with Gasteiger partial charge in [0.25, 0.3) is 0 Å². The molecule has 11 N–H and O–H groups in total. The van der Waals surface area contributed by atoms with Crippen LogP contribution in [-0.4, -0.2) is 75.7 Å². The highest BCUT2D eigenvalue weighted by molar-refractivity contribution is 5.93. The molecule has 14 heteroatoms. The predicted octanol–water partition coefficient (Wildman–Crippen LogP) is -3.24. The van der Waals surface area contributed by atoms with Crippen LogP contribution in [0, 0.1) is 0 Å². The molecule has 164 valence electrons. The fraction of sp³-hybridized carbons (Fsp3) is 0.600. The Bertz CT molecular complexity index is 649. The second kappa shape index (κ2) is 12.9. The van der Waals surface area contributed by atoms with Crippen LogP contribution in [0.4, 0.5) is 0 Å². The lowest BCUT2D eigenvalue weighted by Gasteiger charge is -2.22. The van der Waals surface area contributed by atoms with Crippen molar-refractivity contribution in [2.24, 2.45) is 22.2 Å². The summed E-state index contributed by atoms with van der Waals surface area (Å²) in [5.41, 5.74) is 15.8. The lowest BCUT2D eigenvalue weighted by atomic mass is 10.1. The molecule has 3 atom stereocenters. The van der Waals surface area contributed by atoms with Gasteiger partial charge in [-0.15, -0.1) is 0 Å². The van der Waals surface area contributed by atoms with Gasteiger partial charge in [-0.1, -0.05) is 0 Å². The van der Waals surface area contributed by atoms with Gasteiger partial charge in [-0.3, -0.25) is 24.2 Å². The Hall–Kier alpha value is -3.42. The number of nitrogens with zero attached hydrogens (tertiary/aromatic N) is 1. The van der Waals surface area contributed by atoms with E-state index in [1.807, 2.05) is 0 Å². The Balaban J connectivity index is 5.16. The zero-order valence-corrected chi connectivity index (χ0v) is 15.5. The van der Waals surface area contributed by atoms with Gasteiger partial charge < -0.3 is 43.2 Å². The van der Waals surface area contributed by atoms with Crippen LogP contribution >= 0.6 is 0 Å². The molecule has 0 aliphatic rings. The largest absolute Gasteiger partial charge is 0.481 e. The fourth-order valence-electron chi connectivity index (χ4n) is 2.13. The van der Waals surface area contributed by atoms with Crippen LogP contribution in [0.25, 0.3) is 0 Å². The minimum absolute atomic E-state index is 0.0145. The summed E-state index contributed by atoms with van der Waals surface area (Å²) >= 11 is 0. The van der Waals surface area contributed by atoms with E-state index < -0.39 is 60.7 Å². The molecule has 0 saturated heterocycles. The highest BCUT2D eigenvalue weighted by atomic mass is 16.4. The number of amides is 2.